The molecule has 6 rings (SSSR count). The first kappa shape index (κ1) is 30.8. The fraction of sp³-hybridized carbons (Fsp3) is 0.438. The number of halogens is 4. The van der Waals surface area contributed by atoms with Gasteiger partial charge < -0.3 is 19.6 Å². The molecule has 4 heterocycles. The summed E-state index contributed by atoms with van der Waals surface area (Å²) < 4.78 is 63.4. The molecule has 13 heteroatoms. The second kappa shape index (κ2) is 11.0. The van der Waals surface area contributed by atoms with Crippen molar-refractivity contribution in [2.24, 2.45) is 7.05 Å². The normalized spacial score (nSPS) is 19.6. The van der Waals surface area contributed by atoms with Gasteiger partial charge in [0.2, 0.25) is 11.9 Å². The summed E-state index contributed by atoms with van der Waals surface area (Å²) in [6, 6.07) is 4.03. The standard InChI is InChI=1S/C32H36F4N8O/c1-8-24(45)43-13-19(4)44(14-18(43)3)30-22-11-23(32(34,35)36)26(25-17(2)9-10-20-12-37-41(7)29(20)25)27(33)28(22)38-31(39-30)42-15-21(16-42)40(5)6/h8-12,18-19,21H,1,13-16H2,2-7H3/t18-,19+/m1/s1. The maximum absolute atomic E-state index is 17.1. The molecule has 2 aliphatic heterocycles. The zero-order valence-electron chi connectivity index (χ0n) is 26.2. The van der Waals surface area contributed by atoms with E-state index in [0.717, 1.165) is 6.07 Å². The Balaban J connectivity index is 1.63. The van der Waals surface area contributed by atoms with E-state index in [1.807, 2.05) is 37.7 Å². The molecule has 238 valence electrons. The maximum Gasteiger partial charge on any atom is 0.417 e. The summed E-state index contributed by atoms with van der Waals surface area (Å²) in [5.41, 5.74) is -0.860. The molecule has 0 saturated carbocycles. The number of likely N-dealkylation sites (N-methyl/N-ethyl adjacent to an activating group) is 1. The number of fused-ring (bicyclic) bond motifs is 2. The molecular weight excluding hydrogens is 588 g/mol. The van der Waals surface area contributed by atoms with Crippen molar-refractivity contribution >= 4 is 39.5 Å². The molecule has 45 heavy (non-hydrogen) atoms. The molecule has 2 aromatic carbocycles. The number of benzene rings is 2. The molecule has 0 aliphatic carbocycles. The molecule has 0 bridgehead atoms. The van der Waals surface area contributed by atoms with Gasteiger partial charge in [0.25, 0.3) is 0 Å². The van der Waals surface area contributed by atoms with Crippen LogP contribution in [0.25, 0.3) is 32.9 Å². The molecule has 0 radical (unpaired) electrons. The van der Waals surface area contributed by atoms with Crippen LogP contribution in [-0.4, -0.2) is 93.9 Å². The number of aromatic nitrogens is 4. The number of hydrogen-bond acceptors (Lipinski definition) is 7. The number of carbonyl (C=O) groups is 1. The van der Waals surface area contributed by atoms with Gasteiger partial charge in [0.15, 0.2) is 5.82 Å². The zero-order chi connectivity index (χ0) is 32.5. The van der Waals surface area contributed by atoms with Gasteiger partial charge >= 0.3 is 6.18 Å². The number of amides is 1. The summed E-state index contributed by atoms with van der Waals surface area (Å²) in [6.45, 7) is 10.8. The molecule has 0 N–H and O–H groups in total. The van der Waals surface area contributed by atoms with E-state index in [0.29, 0.717) is 36.1 Å². The maximum atomic E-state index is 17.1. The van der Waals surface area contributed by atoms with Gasteiger partial charge in [-0.15, -0.1) is 0 Å². The van der Waals surface area contributed by atoms with Crippen LogP contribution in [0.15, 0.2) is 37.1 Å². The number of hydrogen-bond donors (Lipinski definition) is 0. The van der Waals surface area contributed by atoms with Crippen LogP contribution in [0.5, 0.6) is 0 Å². The van der Waals surface area contributed by atoms with Crippen LogP contribution >= 0.6 is 0 Å². The van der Waals surface area contributed by atoms with Gasteiger partial charge in [-0.3, -0.25) is 9.48 Å². The Hall–Kier alpha value is -4.26. The zero-order valence-corrected chi connectivity index (χ0v) is 26.2. The molecule has 4 aromatic rings. The Morgan fingerprint density at radius 3 is 2.42 bits per heavy atom. The minimum absolute atomic E-state index is 0.0330. The first-order chi connectivity index (χ1) is 21.2. The Labute approximate surface area is 258 Å². The minimum Gasteiger partial charge on any atom is -0.349 e. The van der Waals surface area contributed by atoms with Crippen LogP contribution in [0.4, 0.5) is 29.3 Å². The van der Waals surface area contributed by atoms with E-state index in [1.165, 1.54) is 10.8 Å². The lowest BCUT2D eigenvalue weighted by Gasteiger charge is -2.45. The largest absolute Gasteiger partial charge is 0.417 e. The average molecular weight is 625 g/mol. The Morgan fingerprint density at radius 2 is 1.78 bits per heavy atom. The molecular formula is C32H36F4N8O. The van der Waals surface area contributed by atoms with E-state index < -0.39 is 23.1 Å². The monoisotopic (exact) mass is 624 g/mol. The lowest BCUT2D eigenvalue weighted by atomic mass is 9.91. The average Bonchev–Trinajstić information content (AvgIpc) is 3.32. The number of alkyl halides is 3. The van der Waals surface area contributed by atoms with Gasteiger partial charge in [0.05, 0.1) is 17.3 Å². The summed E-state index contributed by atoms with van der Waals surface area (Å²) >= 11 is 0. The number of aryl methyl sites for hydroxylation is 2. The number of nitrogens with zero attached hydrogens (tertiary/aromatic N) is 8. The number of anilines is 2. The first-order valence-corrected chi connectivity index (χ1v) is 14.8. The van der Waals surface area contributed by atoms with Crippen molar-refractivity contribution in [3.8, 4) is 11.1 Å². The van der Waals surface area contributed by atoms with Crippen LogP contribution in [0, 0.1) is 12.7 Å². The highest BCUT2D eigenvalue weighted by Gasteiger charge is 2.40. The van der Waals surface area contributed by atoms with Gasteiger partial charge in [-0.25, -0.2) is 9.37 Å². The molecule has 0 unspecified atom stereocenters. The molecule has 9 nitrogen and oxygen atoms in total. The number of rotatable bonds is 5. The van der Waals surface area contributed by atoms with Gasteiger partial charge in [0, 0.05) is 73.3 Å². The summed E-state index contributed by atoms with van der Waals surface area (Å²) in [5, 5.41) is 4.80. The van der Waals surface area contributed by atoms with E-state index >= 15 is 4.39 Å². The molecule has 2 aromatic heterocycles. The summed E-state index contributed by atoms with van der Waals surface area (Å²) in [4.78, 5) is 29.4. The van der Waals surface area contributed by atoms with E-state index in [2.05, 4.69) is 21.6 Å². The van der Waals surface area contributed by atoms with Crippen molar-refractivity contribution in [3.05, 3.63) is 54.0 Å². The van der Waals surface area contributed by atoms with Crippen molar-refractivity contribution in [1.82, 2.24) is 29.5 Å². The number of carbonyl (C=O) groups excluding carboxylic acids is 1. The summed E-state index contributed by atoms with van der Waals surface area (Å²) in [6.07, 6.45) is -2.09. The van der Waals surface area contributed by atoms with Crippen molar-refractivity contribution < 1.29 is 22.4 Å². The Morgan fingerprint density at radius 1 is 1.07 bits per heavy atom. The fourth-order valence-corrected chi connectivity index (χ4v) is 6.50. The molecule has 2 aliphatic rings. The molecule has 2 atom stereocenters. The van der Waals surface area contributed by atoms with E-state index in [1.54, 1.807) is 37.2 Å². The van der Waals surface area contributed by atoms with Crippen LogP contribution in [-0.2, 0) is 18.0 Å². The fourth-order valence-electron chi connectivity index (χ4n) is 6.50. The lowest BCUT2D eigenvalue weighted by Crippen LogP contribution is -2.59. The number of piperazine rings is 1. The summed E-state index contributed by atoms with van der Waals surface area (Å²) in [5.74, 6) is -0.834. The quantitative estimate of drug-likeness (QED) is 0.228. The first-order valence-electron chi connectivity index (χ1n) is 14.8. The lowest BCUT2D eigenvalue weighted by molar-refractivity contribution is -0.137. The Bertz CT molecular complexity index is 1830. The molecule has 0 spiro atoms. The van der Waals surface area contributed by atoms with Crippen molar-refractivity contribution in [3.63, 3.8) is 0 Å². The molecule has 1 amide bonds. The SMILES string of the molecule is C=CC(=O)N1C[C@H](C)N(c2nc(N3CC(N(C)C)C3)nc3c(F)c(-c4c(C)ccc5cnn(C)c45)c(C(F)(F)F)cc23)C[C@H]1C. The summed E-state index contributed by atoms with van der Waals surface area (Å²) in [7, 11) is 5.56. The van der Waals surface area contributed by atoms with Gasteiger partial charge in [0.1, 0.15) is 11.3 Å². The van der Waals surface area contributed by atoms with Crippen molar-refractivity contribution in [2.75, 3.05) is 50.1 Å². The third kappa shape index (κ3) is 5.06. The van der Waals surface area contributed by atoms with Gasteiger partial charge in [-0.2, -0.15) is 23.3 Å². The van der Waals surface area contributed by atoms with Crippen LogP contribution in [0.3, 0.4) is 0 Å². The predicted octanol–water partition coefficient (Wildman–Crippen LogP) is 5.01. The predicted molar refractivity (Wildman–Crippen MR) is 167 cm³/mol. The van der Waals surface area contributed by atoms with Gasteiger partial charge in [-0.1, -0.05) is 18.7 Å². The molecule has 2 fully saturated rings. The van der Waals surface area contributed by atoms with Gasteiger partial charge in [-0.05, 0) is 52.6 Å². The highest BCUT2D eigenvalue weighted by atomic mass is 19.4. The minimum atomic E-state index is -4.89. The van der Waals surface area contributed by atoms with E-state index in [-0.39, 0.29) is 58.8 Å². The molecule has 2 saturated heterocycles. The van der Waals surface area contributed by atoms with Crippen molar-refractivity contribution in [2.45, 2.75) is 45.1 Å². The third-order valence-electron chi connectivity index (χ3n) is 9.16. The highest BCUT2D eigenvalue weighted by molar-refractivity contribution is 6.02. The third-order valence-corrected chi connectivity index (χ3v) is 9.16. The van der Waals surface area contributed by atoms with E-state index in [9.17, 15) is 18.0 Å². The second-order valence-corrected chi connectivity index (χ2v) is 12.4. The van der Waals surface area contributed by atoms with Crippen LogP contribution in [0.2, 0.25) is 0 Å². The van der Waals surface area contributed by atoms with Crippen molar-refractivity contribution in [1.29, 1.82) is 0 Å². The van der Waals surface area contributed by atoms with E-state index in [4.69, 9.17) is 4.98 Å². The topological polar surface area (TPSA) is 73.6 Å². The van der Waals surface area contributed by atoms with Crippen LogP contribution < -0.4 is 9.80 Å². The second-order valence-electron chi connectivity index (χ2n) is 12.4. The Kier molecular flexibility index (Phi) is 7.50. The van der Waals surface area contributed by atoms with Crippen LogP contribution in [0.1, 0.15) is 25.0 Å². The highest BCUT2D eigenvalue weighted by Crippen LogP contribution is 2.46. The smallest absolute Gasteiger partial charge is 0.349 e.